The largest absolute Gasteiger partial charge is 0.488 e. The summed E-state index contributed by atoms with van der Waals surface area (Å²) in [5, 5.41) is 8.81. The minimum atomic E-state index is -0.398. The molecule has 1 rings (SSSR count). The monoisotopic (exact) mass is 231 g/mol. The molecule has 0 spiro atoms. The van der Waals surface area contributed by atoms with Crippen molar-refractivity contribution in [2.75, 3.05) is 13.2 Å². The lowest BCUT2D eigenvalue weighted by Crippen LogP contribution is -2.01. The highest BCUT2D eigenvalue weighted by atomic mass is 16.5. The van der Waals surface area contributed by atoms with E-state index in [-0.39, 0.29) is 6.61 Å². The van der Waals surface area contributed by atoms with Crippen molar-refractivity contribution in [1.29, 1.82) is 5.26 Å². The fraction of sp³-hybridized carbons (Fsp3) is 0.231. The zero-order valence-electron chi connectivity index (χ0n) is 9.55. The summed E-state index contributed by atoms with van der Waals surface area (Å²) in [7, 11) is 0. The van der Waals surface area contributed by atoms with Crippen molar-refractivity contribution in [3.63, 3.8) is 0 Å². The van der Waals surface area contributed by atoms with Gasteiger partial charge in [-0.05, 0) is 25.1 Å². The third kappa shape index (κ3) is 4.39. The molecule has 0 saturated carbocycles. The Bertz CT molecular complexity index is 446. The van der Waals surface area contributed by atoms with Crippen LogP contribution in [0.4, 0.5) is 0 Å². The molecule has 0 unspecified atom stereocenters. The fourth-order valence-corrected chi connectivity index (χ4v) is 1.16. The minimum absolute atomic E-state index is 0.220. The van der Waals surface area contributed by atoms with Crippen molar-refractivity contribution >= 4 is 5.97 Å². The maximum Gasteiger partial charge on any atom is 0.330 e. The summed E-state index contributed by atoms with van der Waals surface area (Å²) < 4.78 is 10.0. The van der Waals surface area contributed by atoms with Gasteiger partial charge in [-0.25, -0.2) is 4.79 Å². The predicted molar refractivity (Wildman–Crippen MR) is 62.4 cm³/mol. The second-order valence-electron chi connectivity index (χ2n) is 3.07. The van der Waals surface area contributed by atoms with E-state index in [1.54, 1.807) is 37.3 Å². The van der Waals surface area contributed by atoms with Crippen LogP contribution < -0.4 is 4.74 Å². The Balaban J connectivity index is 2.46. The van der Waals surface area contributed by atoms with E-state index < -0.39 is 5.97 Å². The van der Waals surface area contributed by atoms with Gasteiger partial charge in [-0.2, -0.15) is 5.26 Å². The molecule has 4 nitrogen and oxygen atoms in total. The standard InChI is InChI=1S/C13H13NO3/c1-2-16-13(15)8-5-9-17-12-7-4-3-6-11(12)10-14/h3-8H,2,9H2,1H3/b8-5+. The quantitative estimate of drug-likeness (QED) is 0.575. The van der Waals surface area contributed by atoms with Gasteiger partial charge in [-0.15, -0.1) is 0 Å². The van der Waals surface area contributed by atoms with E-state index in [1.165, 1.54) is 6.08 Å². The van der Waals surface area contributed by atoms with Crippen LogP contribution in [-0.4, -0.2) is 19.2 Å². The molecule has 0 aliphatic carbocycles. The van der Waals surface area contributed by atoms with Crippen molar-refractivity contribution in [2.24, 2.45) is 0 Å². The second kappa shape index (κ2) is 7.07. The van der Waals surface area contributed by atoms with E-state index in [4.69, 9.17) is 14.7 Å². The molecule has 0 atom stereocenters. The summed E-state index contributed by atoms with van der Waals surface area (Å²) in [4.78, 5) is 11.0. The average molecular weight is 231 g/mol. The van der Waals surface area contributed by atoms with E-state index in [0.717, 1.165) is 0 Å². The van der Waals surface area contributed by atoms with Crippen molar-refractivity contribution in [1.82, 2.24) is 0 Å². The lowest BCUT2D eigenvalue weighted by atomic mass is 10.2. The molecule has 4 heteroatoms. The molecule has 0 aliphatic rings. The first-order valence-corrected chi connectivity index (χ1v) is 5.23. The van der Waals surface area contributed by atoms with Crippen molar-refractivity contribution in [3.8, 4) is 11.8 Å². The molecule has 0 bridgehead atoms. The summed E-state index contributed by atoms with van der Waals surface area (Å²) in [5.74, 6) is 0.105. The summed E-state index contributed by atoms with van der Waals surface area (Å²) in [6, 6.07) is 8.95. The first-order chi connectivity index (χ1) is 8.27. The molecule has 0 radical (unpaired) electrons. The normalized spacial score (nSPS) is 9.88. The molecule has 0 saturated heterocycles. The van der Waals surface area contributed by atoms with Crippen LogP contribution in [0.1, 0.15) is 12.5 Å². The molecule has 1 aromatic rings. The fourth-order valence-electron chi connectivity index (χ4n) is 1.16. The Kier molecular flexibility index (Phi) is 5.32. The topological polar surface area (TPSA) is 59.3 Å². The van der Waals surface area contributed by atoms with E-state index in [1.807, 2.05) is 6.07 Å². The Morgan fingerprint density at radius 1 is 1.47 bits per heavy atom. The van der Waals surface area contributed by atoms with Crippen LogP contribution in [0.5, 0.6) is 5.75 Å². The number of para-hydroxylation sites is 1. The van der Waals surface area contributed by atoms with E-state index in [0.29, 0.717) is 17.9 Å². The van der Waals surface area contributed by atoms with Crippen LogP contribution in [0.3, 0.4) is 0 Å². The molecule has 0 amide bonds. The van der Waals surface area contributed by atoms with Crippen LogP contribution in [0.2, 0.25) is 0 Å². The molecule has 17 heavy (non-hydrogen) atoms. The first kappa shape index (κ1) is 12.8. The maximum absolute atomic E-state index is 11.0. The van der Waals surface area contributed by atoms with Crippen LogP contribution in [0.25, 0.3) is 0 Å². The van der Waals surface area contributed by atoms with Gasteiger partial charge in [0.2, 0.25) is 0 Å². The van der Waals surface area contributed by atoms with Gasteiger partial charge in [0, 0.05) is 6.08 Å². The molecular weight excluding hydrogens is 218 g/mol. The number of hydrogen-bond acceptors (Lipinski definition) is 4. The molecule has 0 heterocycles. The molecule has 0 aliphatic heterocycles. The summed E-state index contributed by atoms with van der Waals surface area (Å²) in [6.45, 7) is 2.31. The Hall–Kier alpha value is -2.28. The van der Waals surface area contributed by atoms with Crippen molar-refractivity contribution < 1.29 is 14.3 Å². The summed E-state index contributed by atoms with van der Waals surface area (Å²) >= 11 is 0. The highest BCUT2D eigenvalue weighted by molar-refractivity contribution is 5.81. The minimum Gasteiger partial charge on any atom is -0.488 e. The smallest absolute Gasteiger partial charge is 0.330 e. The number of nitrogens with zero attached hydrogens (tertiary/aromatic N) is 1. The van der Waals surface area contributed by atoms with Gasteiger partial charge in [-0.3, -0.25) is 0 Å². The molecule has 0 N–H and O–H groups in total. The SMILES string of the molecule is CCOC(=O)/C=C/COc1ccccc1C#N. The zero-order chi connectivity index (χ0) is 12.5. The molecule has 0 fully saturated rings. The van der Waals surface area contributed by atoms with Gasteiger partial charge < -0.3 is 9.47 Å². The molecule has 0 aromatic heterocycles. The number of carbonyl (C=O) groups excluding carboxylic acids is 1. The highest BCUT2D eigenvalue weighted by Crippen LogP contribution is 2.16. The third-order valence-corrected chi connectivity index (χ3v) is 1.88. The van der Waals surface area contributed by atoms with Crippen molar-refractivity contribution in [3.05, 3.63) is 42.0 Å². The van der Waals surface area contributed by atoms with Crippen LogP contribution in [0, 0.1) is 11.3 Å². The summed E-state index contributed by atoms with van der Waals surface area (Å²) in [6.07, 6.45) is 2.85. The van der Waals surface area contributed by atoms with Gasteiger partial charge in [0.05, 0.1) is 12.2 Å². The Morgan fingerprint density at radius 3 is 2.94 bits per heavy atom. The van der Waals surface area contributed by atoms with Gasteiger partial charge in [0.15, 0.2) is 0 Å². The van der Waals surface area contributed by atoms with E-state index in [2.05, 4.69) is 0 Å². The maximum atomic E-state index is 11.0. The lowest BCUT2D eigenvalue weighted by molar-refractivity contribution is -0.137. The van der Waals surface area contributed by atoms with Gasteiger partial charge >= 0.3 is 5.97 Å². The number of ether oxygens (including phenoxy) is 2. The number of carbonyl (C=O) groups is 1. The second-order valence-corrected chi connectivity index (χ2v) is 3.07. The van der Waals surface area contributed by atoms with Crippen LogP contribution >= 0.6 is 0 Å². The van der Waals surface area contributed by atoms with Gasteiger partial charge in [0.25, 0.3) is 0 Å². The number of benzene rings is 1. The third-order valence-electron chi connectivity index (χ3n) is 1.88. The molecular formula is C13H13NO3. The number of esters is 1. The average Bonchev–Trinajstić information content (AvgIpc) is 2.35. The van der Waals surface area contributed by atoms with Gasteiger partial charge in [0.1, 0.15) is 18.4 Å². The molecule has 88 valence electrons. The zero-order valence-corrected chi connectivity index (χ0v) is 9.55. The summed E-state index contributed by atoms with van der Waals surface area (Å²) in [5.41, 5.74) is 0.469. The van der Waals surface area contributed by atoms with E-state index >= 15 is 0 Å². The van der Waals surface area contributed by atoms with Gasteiger partial charge in [-0.1, -0.05) is 12.1 Å². The van der Waals surface area contributed by atoms with Crippen LogP contribution in [-0.2, 0) is 9.53 Å². The first-order valence-electron chi connectivity index (χ1n) is 5.23. The number of nitriles is 1. The Morgan fingerprint density at radius 2 is 2.24 bits per heavy atom. The molecule has 1 aromatic carbocycles. The highest BCUT2D eigenvalue weighted by Gasteiger charge is 1.99. The Labute approximate surface area is 100 Å². The lowest BCUT2D eigenvalue weighted by Gasteiger charge is -2.04. The van der Waals surface area contributed by atoms with Crippen LogP contribution in [0.15, 0.2) is 36.4 Å². The number of hydrogen-bond donors (Lipinski definition) is 0. The van der Waals surface area contributed by atoms with Crippen molar-refractivity contribution in [2.45, 2.75) is 6.92 Å². The predicted octanol–water partition coefficient (Wildman–Crippen LogP) is 2.06. The van der Waals surface area contributed by atoms with E-state index in [9.17, 15) is 4.79 Å². The number of rotatable bonds is 5.